The van der Waals surface area contributed by atoms with Crippen molar-refractivity contribution in [3.05, 3.63) is 0 Å². The van der Waals surface area contributed by atoms with Gasteiger partial charge in [-0.25, -0.2) is 0 Å². The average molecular weight is 107 g/mol. The van der Waals surface area contributed by atoms with E-state index in [0.717, 1.165) is 0 Å². The monoisotopic (exact) mass is 107 g/mol. The number of rotatable bonds is 0. The van der Waals surface area contributed by atoms with Crippen LogP contribution >= 0.6 is 0 Å². The number of hydrogen-bond acceptors (Lipinski definition) is 3. The Bertz CT molecular complexity index is 15.5. The van der Waals surface area contributed by atoms with Crippen LogP contribution in [-0.4, -0.2) is 17.4 Å². The van der Waals surface area contributed by atoms with Gasteiger partial charge in [-0.3, -0.25) is 7.32 Å². The Morgan fingerprint density at radius 3 is 1.00 bits per heavy atom. The molecule has 0 atom stereocenters. The van der Waals surface area contributed by atoms with Gasteiger partial charge in [0.15, 0.2) is 0 Å². The average Bonchev–Trinajstić information content (AvgIpc) is 0.811. The van der Waals surface area contributed by atoms with Crippen LogP contribution in [0.3, 0.4) is 0 Å². The molecular formula is BBeKO3. The van der Waals surface area contributed by atoms with E-state index < -0.39 is 7.32 Å². The minimum absolute atomic E-state index is 0. The molecule has 0 unspecified atom stereocenters. The Kier molecular flexibility index (Phi) is 25.8. The van der Waals surface area contributed by atoms with Crippen LogP contribution in [0.1, 0.15) is 0 Å². The van der Waals surface area contributed by atoms with E-state index in [1.54, 1.807) is 0 Å². The van der Waals surface area contributed by atoms with Crippen molar-refractivity contribution in [1.82, 2.24) is 0 Å². The summed E-state index contributed by atoms with van der Waals surface area (Å²) < 4.78 is 0. The van der Waals surface area contributed by atoms with Crippen LogP contribution in [0.2, 0.25) is 0 Å². The summed E-state index contributed by atoms with van der Waals surface area (Å²) in [5, 5.41) is 25.2. The summed E-state index contributed by atoms with van der Waals surface area (Å²) >= 11 is 0. The summed E-state index contributed by atoms with van der Waals surface area (Å²) in [6, 6.07) is 0. The predicted molar refractivity (Wildman–Crippen MR) is 11.5 cm³/mol. The standard InChI is InChI=1S/BO3.Be.K/c2-1(3)4;;/q-3;+2;+1. The van der Waals surface area contributed by atoms with Crippen molar-refractivity contribution in [2.24, 2.45) is 0 Å². The van der Waals surface area contributed by atoms with Gasteiger partial charge in [0.25, 0.3) is 0 Å². The molecule has 0 aromatic rings. The first-order chi connectivity index (χ1) is 1.73. The molecule has 0 N–H and O–H groups in total. The minimum atomic E-state index is -2.92. The Morgan fingerprint density at radius 2 is 1.00 bits per heavy atom. The largest absolute Gasteiger partial charge is 2.00 e. The fraction of sp³-hybridized carbons (Fsp3) is 0. The first kappa shape index (κ1) is 15.7. The molecule has 6 heteroatoms. The topological polar surface area (TPSA) is 69.2 Å². The summed E-state index contributed by atoms with van der Waals surface area (Å²) in [5.41, 5.74) is 0. The van der Waals surface area contributed by atoms with Crippen molar-refractivity contribution >= 4 is 17.4 Å². The molecule has 0 spiro atoms. The second-order valence-electron chi connectivity index (χ2n) is 0.289. The molecule has 0 aliphatic carbocycles. The van der Waals surface area contributed by atoms with Crippen molar-refractivity contribution < 1.29 is 66.5 Å². The van der Waals surface area contributed by atoms with Gasteiger partial charge >= 0.3 is 61.5 Å². The van der Waals surface area contributed by atoms with Gasteiger partial charge in [-0.05, 0) is 0 Å². The quantitative estimate of drug-likeness (QED) is 0.289. The molecule has 0 aliphatic rings. The van der Waals surface area contributed by atoms with E-state index in [-0.39, 0.29) is 61.5 Å². The van der Waals surface area contributed by atoms with Crippen molar-refractivity contribution in [1.29, 1.82) is 0 Å². The third kappa shape index (κ3) is 42.4. The normalized spacial score (nSPS) is 4.50. The van der Waals surface area contributed by atoms with Crippen molar-refractivity contribution in [3.8, 4) is 0 Å². The molecule has 0 aromatic heterocycles. The van der Waals surface area contributed by atoms with Gasteiger partial charge < -0.3 is 15.1 Å². The molecule has 0 radical (unpaired) electrons. The molecule has 0 rings (SSSR count). The van der Waals surface area contributed by atoms with E-state index >= 15 is 0 Å². The van der Waals surface area contributed by atoms with E-state index in [9.17, 15) is 0 Å². The maximum atomic E-state index is 8.42. The molecule has 0 heterocycles. The van der Waals surface area contributed by atoms with Crippen molar-refractivity contribution in [3.63, 3.8) is 0 Å². The third-order valence-corrected chi connectivity index (χ3v) is 0. The second-order valence-corrected chi connectivity index (χ2v) is 0.289. The fourth-order valence-corrected chi connectivity index (χ4v) is 0. The summed E-state index contributed by atoms with van der Waals surface area (Å²) in [5.74, 6) is 0. The Hall–Kier alpha value is 1.75. The Labute approximate surface area is 82.6 Å². The van der Waals surface area contributed by atoms with Crippen LogP contribution in [-0.2, 0) is 0 Å². The SMILES string of the molecule is [Be+2].[K+].[O-]B([O-])[O-]. The van der Waals surface area contributed by atoms with E-state index in [4.69, 9.17) is 15.1 Å². The van der Waals surface area contributed by atoms with E-state index in [1.165, 1.54) is 0 Å². The van der Waals surface area contributed by atoms with Crippen LogP contribution in [0.15, 0.2) is 0 Å². The van der Waals surface area contributed by atoms with Crippen molar-refractivity contribution in [2.45, 2.75) is 0 Å². The van der Waals surface area contributed by atoms with Gasteiger partial charge in [0.05, 0.1) is 0 Å². The molecule has 0 saturated carbocycles. The van der Waals surface area contributed by atoms with Gasteiger partial charge in [0.1, 0.15) is 0 Å². The zero-order valence-electron chi connectivity index (χ0n) is 3.51. The molecule has 3 nitrogen and oxygen atoms in total. The van der Waals surface area contributed by atoms with Gasteiger partial charge in [0, 0.05) is 0 Å². The molecule has 0 saturated heterocycles. The molecule has 0 amide bonds. The summed E-state index contributed by atoms with van der Waals surface area (Å²) in [6.07, 6.45) is 0. The molecule has 0 aromatic carbocycles. The van der Waals surface area contributed by atoms with Crippen LogP contribution in [0, 0.1) is 0 Å². The Morgan fingerprint density at radius 1 is 1.00 bits per heavy atom. The van der Waals surface area contributed by atoms with Crippen LogP contribution in [0.4, 0.5) is 0 Å². The zero-order valence-corrected chi connectivity index (χ0v) is 6.63. The van der Waals surface area contributed by atoms with Crippen molar-refractivity contribution in [2.75, 3.05) is 0 Å². The molecular weight excluding hydrogens is 107 g/mol. The van der Waals surface area contributed by atoms with Crippen LogP contribution in [0.5, 0.6) is 0 Å². The van der Waals surface area contributed by atoms with E-state index in [1.807, 2.05) is 0 Å². The first-order valence-corrected chi connectivity index (χ1v) is 0.707. The third-order valence-electron chi connectivity index (χ3n) is 0. The first-order valence-electron chi connectivity index (χ1n) is 0.707. The van der Waals surface area contributed by atoms with Crippen LogP contribution < -0.4 is 66.5 Å². The van der Waals surface area contributed by atoms with Gasteiger partial charge in [0.2, 0.25) is 0 Å². The smallest absolute Gasteiger partial charge is 0.907 e. The maximum Gasteiger partial charge on any atom is 2.00 e. The number of hydrogen-bond donors (Lipinski definition) is 0. The minimum Gasteiger partial charge on any atom is -0.907 e. The van der Waals surface area contributed by atoms with Gasteiger partial charge in [-0.15, -0.1) is 0 Å². The molecule has 0 fully saturated rings. The predicted octanol–water partition coefficient (Wildman–Crippen LogP) is -7.32. The molecule has 0 bridgehead atoms. The molecule has 6 heavy (non-hydrogen) atoms. The Balaban J connectivity index is -0.0000000450. The van der Waals surface area contributed by atoms with Crippen LogP contribution in [0.25, 0.3) is 0 Å². The molecule has 0 aliphatic heterocycles. The van der Waals surface area contributed by atoms with Gasteiger partial charge in [-0.1, -0.05) is 0 Å². The van der Waals surface area contributed by atoms with Gasteiger partial charge in [-0.2, -0.15) is 0 Å². The fourth-order valence-electron chi connectivity index (χ4n) is 0. The summed E-state index contributed by atoms with van der Waals surface area (Å²) in [7, 11) is -2.92. The molecule has 24 valence electrons. The summed E-state index contributed by atoms with van der Waals surface area (Å²) in [4.78, 5) is 0. The van der Waals surface area contributed by atoms with E-state index in [2.05, 4.69) is 0 Å². The second kappa shape index (κ2) is 9.89. The summed E-state index contributed by atoms with van der Waals surface area (Å²) in [6.45, 7) is 0. The maximum absolute atomic E-state index is 8.42. The zero-order chi connectivity index (χ0) is 3.58. The van der Waals surface area contributed by atoms with E-state index in [0.29, 0.717) is 0 Å².